The summed E-state index contributed by atoms with van der Waals surface area (Å²) in [7, 11) is -2.12. The summed E-state index contributed by atoms with van der Waals surface area (Å²) in [6, 6.07) is 13.1. The molecule has 0 aliphatic heterocycles. The first-order valence-electron chi connectivity index (χ1n) is 12.1. The van der Waals surface area contributed by atoms with Crippen LogP contribution in [-0.2, 0) is 20.7 Å². The van der Waals surface area contributed by atoms with Crippen molar-refractivity contribution in [3.05, 3.63) is 59.2 Å². The molecule has 0 heterocycles. The summed E-state index contributed by atoms with van der Waals surface area (Å²) in [6.07, 6.45) is 4.15. The van der Waals surface area contributed by atoms with E-state index in [1.165, 1.54) is 11.1 Å². The van der Waals surface area contributed by atoms with Gasteiger partial charge in [0.25, 0.3) is 10.1 Å². The van der Waals surface area contributed by atoms with Gasteiger partial charge in [0.15, 0.2) is 0 Å². The van der Waals surface area contributed by atoms with Crippen molar-refractivity contribution in [3.63, 3.8) is 0 Å². The quantitative estimate of drug-likeness (QED) is 0.637. The van der Waals surface area contributed by atoms with Crippen LogP contribution in [0.4, 0.5) is 0 Å². The molecular weight excluding hydrogens is 436 g/mol. The Kier molecular flexibility index (Phi) is 5.82. The SMILES string of the molecule is COc1ccc2c(c1)CC[C@H]1[C@H]2C[C@@H](O)[C@@H]2C[C@H](OS(=O)(=O)c3ccc(C)cc3)CC[C@@]21C. The van der Waals surface area contributed by atoms with Crippen molar-refractivity contribution in [2.45, 2.75) is 75.4 Å². The molecule has 0 radical (unpaired) electrons. The van der Waals surface area contributed by atoms with E-state index in [4.69, 9.17) is 8.92 Å². The lowest BCUT2D eigenvalue weighted by molar-refractivity contribution is -0.117. The fourth-order valence-corrected chi connectivity index (χ4v) is 8.05. The van der Waals surface area contributed by atoms with Gasteiger partial charge in [-0.2, -0.15) is 8.42 Å². The van der Waals surface area contributed by atoms with E-state index in [1.807, 2.05) is 13.0 Å². The lowest BCUT2D eigenvalue weighted by Gasteiger charge is -2.58. The van der Waals surface area contributed by atoms with Crippen molar-refractivity contribution < 1.29 is 22.4 Å². The van der Waals surface area contributed by atoms with Crippen molar-refractivity contribution >= 4 is 10.1 Å². The van der Waals surface area contributed by atoms with Gasteiger partial charge in [-0.25, -0.2) is 0 Å². The van der Waals surface area contributed by atoms with E-state index in [-0.39, 0.29) is 22.3 Å². The molecule has 2 aromatic carbocycles. The molecule has 0 aromatic heterocycles. The minimum Gasteiger partial charge on any atom is -0.497 e. The number of aliphatic hydroxyl groups is 1. The van der Waals surface area contributed by atoms with Crippen LogP contribution in [0.3, 0.4) is 0 Å². The Morgan fingerprint density at radius 1 is 1.03 bits per heavy atom. The number of aliphatic hydroxyl groups excluding tert-OH is 1. The molecule has 33 heavy (non-hydrogen) atoms. The van der Waals surface area contributed by atoms with Crippen LogP contribution in [0.25, 0.3) is 0 Å². The number of fused-ring (bicyclic) bond motifs is 5. The molecule has 5 nitrogen and oxygen atoms in total. The highest BCUT2D eigenvalue weighted by Gasteiger charge is 2.55. The minimum absolute atomic E-state index is 0.0204. The number of hydrogen-bond acceptors (Lipinski definition) is 5. The van der Waals surface area contributed by atoms with Crippen molar-refractivity contribution in [1.29, 1.82) is 0 Å². The van der Waals surface area contributed by atoms with Crippen LogP contribution in [0.2, 0.25) is 0 Å². The molecule has 1 N–H and O–H groups in total. The largest absolute Gasteiger partial charge is 0.497 e. The van der Waals surface area contributed by atoms with Crippen LogP contribution in [-0.4, -0.2) is 32.8 Å². The summed E-state index contributed by atoms with van der Waals surface area (Å²) in [4.78, 5) is 0.199. The van der Waals surface area contributed by atoms with Gasteiger partial charge in [-0.15, -0.1) is 0 Å². The van der Waals surface area contributed by atoms with Crippen LogP contribution >= 0.6 is 0 Å². The highest BCUT2D eigenvalue weighted by atomic mass is 32.2. The fraction of sp³-hybridized carbons (Fsp3) is 0.556. The van der Waals surface area contributed by atoms with Crippen LogP contribution in [0, 0.1) is 24.2 Å². The molecule has 2 saturated carbocycles. The van der Waals surface area contributed by atoms with E-state index in [0.717, 1.165) is 37.0 Å². The topological polar surface area (TPSA) is 72.8 Å². The van der Waals surface area contributed by atoms with Crippen molar-refractivity contribution in [2.24, 2.45) is 17.3 Å². The molecule has 2 fully saturated rings. The van der Waals surface area contributed by atoms with Crippen LogP contribution in [0.15, 0.2) is 47.4 Å². The molecule has 0 saturated heterocycles. The van der Waals surface area contributed by atoms with Gasteiger partial charge in [-0.1, -0.05) is 30.7 Å². The minimum atomic E-state index is -3.82. The number of ether oxygens (including phenoxy) is 1. The average Bonchev–Trinajstić information content (AvgIpc) is 2.79. The molecule has 3 aliphatic rings. The van der Waals surface area contributed by atoms with Gasteiger partial charge in [0, 0.05) is 0 Å². The molecule has 3 aliphatic carbocycles. The Bertz CT molecular complexity index is 1130. The Labute approximate surface area is 197 Å². The van der Waals surface area contributed by atoms with Gasteiger partial charge in [0.1, 0.15) is 5.75 Å². The predicted octanol–water partition coefficient (Wildman–Crippen LogP) is 4.99. The third-order valence-electron chi connectivity index (χ3n) is 8.71. The maximum atomic E-state index is 12.9. The second-order valence-corrected chi connectivity index (χ2v) is 12.1. The second kappa shape index (κ2) is 8.40. The van der Waals surface area contributed by atoms with Gasteiger partial charge in [0.2, 0.25) is 0 Å². The highest BCUT2D eigenvalue weighted by molar-refractivity contribution is 7.86. The summed E-state index contributed by atoms with van der Waals surface area (Å²) in [5.41, 5.74) is 3.68. The fourth-order valence-electron chi connectivity index (χ4n) is 6.93. The maximum absolute atomic E-state index is 12.9. The molecule has 0 amide bonds. The van der Waals surface area contributed by atoms with Crippen LogP contribution in [0.5, 0.6) is 5.75 Å². The highest BCUT2D eigenvalue weighted by Crippen LogP contribution is 2.61. The number of aryl methyl sites for hydroxylation is 2. The summed E-state index contributed by atoms with van der Waals surface area (Å²) >= 11 is 0. The predicted molar refractivity (Wildman–Crippen MR) is 127 cm³/mol. The number of methoxy groups -OCH3 is 1. The molecule has 0 spiro atoms. The molecule has 2 aromatic rings. The molecule has 6 heteroatoms. The van der Waals surface area contributed by atoms with Gasteiger partial charge in [-0.05, 0) is 104 Å². The number of hydrogen-bond donors (Lipinski definition) is 1. The third-order valence-corrected chi connectivity index (χ3v) is 10.1. The molecule has 0 bridgehead atoms. The van der Waals surface area contributed by atoms with E-state index in [2.05, 4.69) is 19.1 Å². The lowest BCUT2D eigenvalue weighted by Crippen LogP contribution is -2.54. The summed E-state index contributed by atoms with van der Waals surface area (Å²) in [5.74, 6) is 1.76. The smallest absolute Gasteiger partial charge is 0.297 e. The van der Waals surface area contributed by atoms with Crippen molar-refractivity contribution in [1.82, 2.24) is 0 Å². The first-order valence-corrected chi connectivity index (χ1v) is 13.5. The molecular formula is C27H34O5S. The zero-order chi connectivity index (χ0) is 23.4. The van der Waals surface area contributed by atoms with Gasteiger partial charge < -0.3 is 9.84 Å². The molecule has 0 unspecified atom stereocenters. The first kappa shape index (κ1) is 22.9. The molecule has 6 atom stereocenters. The monoisotopic (exact) mass is 470 g/mol. The zero-order valence-corrected chi connectivity index (χ0v) is 20.5. The van der Waals surface area contributed by atoms with Crippen LogP contribution in [0.1, 0.15) is 61.6 Å². The van der Waals surface area contributed by atoms with Crippen molar-refractivity contribution in [3.8, 4) is 5.75 Å². The van der Waals surface area contributed by atoms with Gasteiger partial charge in [-0.3, -0.25) is 4.18 Å². The molecule has 5 rings (SSSR count). The lowest BCUT2D eigenvalue weighted by atomic mass is 9.48. The Hall–Kier alpha value is -1.89. The third kappa shape index (κ3) is 4.00. The van der Waals surface area contributed by atoms with Crippen molar-refractivity contribution in [2.75, 3.05) is 7.11 Å². The van der Waals surface area contributed by atoms with E-state index in [1.54, 1.807) is 31.4 Å². The average molecular weight is 471 g/mol. The molecule has 178 valence electrons. The van der Waals surface area contributed by atoms with E-state index in [9.17, 15) is 13.5 Å². The Morgan fingerprint density at radius 2 is 1.79 bits per heavy atom. The summed E-state index contributed by atoms with van der Waals surface area (Å²) in [6.45, 7) is 4.24. The summed E-state index contributed by atoms with van der Waals surface area (Å²) < 4.78 is 36.8. The van der Waals surface area contributed by atoms with Crippen LogP contribution < -0.4 is 4.74 Å². The first-order chi connectivity index (χ1) is 15.7. The second-order valence-electron chi connectivity index (χ2n) is 10.5. The zero-order valence-electron chi connectivity index (χ0n) is 19.7. The Morgan fingerprint density at radius 3 is 2.52 bits per heavy atom. The number of rotatable bonds is 4. The number of benzene rings is 2. The maximum Gasteiger partial charge on any atom is 0.297 e. The van der Waals surface area contributed by atoms with Gasteiger partial charge in [0.05, 0.1) is 24.2 Å². The van der Waals surface area contributed by atoms with E-state index in [0.29, 0.717) is 24.7 Å². The Balaban J connectivity index is 1.36. The van der Waals surface area contributed by atoms with Gasteiger partial charge >= 0.3 is 0 Å². The summed E-state index contributed by atoms with van der Waals surface area (Å²) in [5, 5.41) is 11.3. The van der Waals surface area contributed by atoms with E-state index < -0.39 is 16.2 Å². The normalized spacial score (nSPS) is 33.5. The van der Waals surface area contributed by atoms with E-state index >= 15 is 0 Å². The standard InChI is InChI=1S/C27H34O5S/c1-17-4-8-21(9-5-17)33(29,30)32-20-12-13-27(2)24-11-6-18-14-19(31-3)7-10-22(18)23(24)16-26(28)25(27)15-20/h4-5,7-10,14,20,23-26,28H,6,11-13,15-16H2,1-3H3/t20-,23+,24+,25+,26-,27-/m1/s1.